The Labute approximate surface area is 108 Å². The van der Waals surface area contributed by atoms with E-state index >= 15 is 0 Å². The highest BCUT2D eigenvalue weighted by Crippen LogP contribution is 2.22. The Morgan fingerprint density at radius 2 is 2.22 bits per heavy atom. The van der Waals surface area contributed by atoms with Gasteiger partial charge in [0.1, 0.15) is 0 Å². The fourth-order valence-electron chi connectivity index (χ4n) is 2.37. The molecule has 1 aromatic carbocycles. The van der Waals surface area contributed by atoms with Crippen molar-refractivity contribution in [2.45, 2.75) is 38.3 Å². The first kappa shape index (κ1) is 12.9. The number of carbonyl (C=O) groups excluding carboxylic acids is 1. The van der Waals surface area contributed by atoms with Gasteiger partial charge in [-0.1, -0.05) is 0 Å². The van der Waals surface area contributed by atoms with E-state index in [0.29, 0.717) is 11.3 Å². The topological polar surface area (TPSA) is 64.3 Å². The van der Waals surface area contributed by atoms with E-state index in [4.69, 9.17) is 10.5 Å². The Morgan fingerprint density at radius 1 is 1.44 bits per heavy atom. The van der Waals surface area contributed by atoms with Crippen LogP contribution in [0.25, 0.3) is 0 Å². The lowest BCUT2D eigenvalue weighted by Crippen LogP contribution is -2.33. The van der Waals surface area contributed by atoms with Crippen molar-refractivity contribution in [2.24, 2.45) is 0 Å². The molecule has 4 nitrogen and oxygen atoms in total. The maximum atomic E-state index is 12.1. The van der Waals surface area contributed by atoms with Crippen molar-refractivity contribution >= 4 is 11.6 Å². The van der Waals surface area contributed by atoms with E-state index in [2.05, 4.69) is 5.32 Å². The quantitative estimate of drug-likeness (QED) is 0.803. The van der Waals surface area contributed by atoms with Crippen LogP contribution in [0.2, 0.25) is 0 Å². The van der Waals surface area contributed by atoms with Crippen molar-refractivity contribution in [1.82, 2.24) is 5.32 Å². The molecule has 1 aromatic rings. The molecule has 0 aliphatic heterocycles. The standard InChI is InChI=1S/C14H20N2O2/c1-9-7-10(3-6-13(9)15)14(17)16-11-4-5-12(8-11)18-2/h3,6-7,11-12H,4-5,8,15H2,1-2H3,(H,16,17). The molecule has 98 valence electrons. The number of ether oxygens (including phenoxy) is 1. The van der Waals surface area contributed by atoms with Crippen LogP contribution in [-0.2, 0) is 4.74 Å². The zero-order chi connectivity index (χ0) is 13.1. The average molecular weight is 248 g/mol. The van der Waals surface area contributed by atoms with Gasteiger partial charge in [0, 0.05) is 24.4 Å². The maximum Gasteiger partial charge on any atom is 0.251 e. The summed E-state index contributed by atoms with van der Waals surface area (Å²) in [4.78, 5) is 12.1. The number of nitrogens with one attached hydrogen (secondary N) is 1. The Balaban J connectivity index is 1.97. The number of hydrogen-bond donors (Lipinski definition) is 2. The van der Waals surface area contributed by atoms with Crippen LogP contribution >= 0.6 is 0 Å². The van der Waals surface area contributed by atoms with Crippen LogP contribution in [0.5, 0.6) is 0 Å². The average Bonchev–Trinajstić information content (AvgIpc) is 2.80. The second-order valence-corrected chi connectivity index (χ2v) is 4.91. The molecule has 3 N–H and O–H groups in total. The van der Waals surface area contributed by atoms with Gasteiger partial charge >= 0.3 is 0 Å². The monoisotopic (exact) mass is 248 g/mol. The van der Waals surface area contributed by atoms with Gasteiger partial charge in [-0.2, -0.15) is 0 Å². The lowest BCUT2D eigenvalue weighted by atomic mass is 10.1. The van der Waals surface area contributed by atoms with E-state index in [1.54, 1.807) is 19.2 Å². The number of benzene rings is 1. The SMILES string of the molecule is COC1CCC(NC(=O)c2ccc(N)c(C)c2)C1. The predicted octanol–water partition coefficient (Wildman–Crippen LogP) is 1.87. The number of nitrogen functional groups attached to an aromatic ring is 1. The highest BCUT2D eigenvalue weighted by Gasteiger charge is 2.25. The maximum absolute atomic E-state index is 12.1. The fraction of sp³-hybridized carbons (Fsp3) is 0.500. The Morgan fingerprint density at radius 3 is 2.83 bits per heavy atom. The molecule has 0 aromatic heterocycles. The van der Waals surface area contributed by atoms with Crippen LogP contribution < -0.4 is 11.1 Å². The minimum absolute atomic E-state index is 0.0279. The molecule has 0 bridgehead atoms. The van der Waals surface area contributed by atoms with E-state index in [0.717, 1.165) is 24.8 Å². The highest BCUT2D eigenvalue weighted by molar-refractivity contribution is 5.95. The van der Waals surface area contributed by atoms with Gasteiger partial charge in [0.15, 0.2) is 0 Å². The van der Waals surface area contributed by atoms with Gasteiger partial charge in [0.25, 0.3) is 5.91 Å². The second-order valence-electron chi connectivity index (χ2n) is 4.91. The summed E-state index contributed by atoms with van der Waals surface area (Å²) in [5.41, 5.74) is 8.06. The number of methoxy groups -OCH3 is 1. The molecule has 1 aliphatic carbocycles. The van der Waals surface area contributed by atoms with Gasteiger partial charge in [-0.15, -0.1) is 0 Å². The Kier molecular flexibility index (Phi) is 3.87. The van der Waals surface area contributed by atoms with Crippen LogP contribution in [0, 0.1) is 6.92 Å². The second kappa shape index (κ2) is 5.40. The first-order valence-corrected chi connectivity index (χ1v) is 6.30. The van der Waals surface area contributed by atoms with E-state index in [1.165, 1.54) is 0 Å². The minimum atomic E-state index is -0.0279. The number of nitrogens with two attached hydrogens (primary N) is 1. The van der Waals surface area contributed by atoms with Crippen molar-refractivity contribution in [3.63, 3.8) is 0 Å². The number of amides is 1. The number of anilines is 1. The van der Waals surface area contributed by atoms with E-state index in [9.17, 15) is 4.79 Å². The molecule has 0 spiro atoms. The molecule has 1 fully saturated rings. The number of aryl methyl sites for hydroxylation is 1. The zero-order valence-electron chi connectivity index (χ0n) is 10.9. The van der Waals surface area contributed by atoms with Crippen LogP contribution in [0.15, 0.2) is 18.2 Å². The molecular weight excluding hydrogens is 228 g/mol. The van der Waals surface area contributed by atoms with Gasteiger partial charge in [0.2, 0.25) is 0 Å². The summed E-state index contributed by atoms with van der Waals surface area (Å²) in [6.07, 6.45) is 3.18. The summed E-state index contributed by atoms with van der Waals surface area (Å²) >= 11 is 0. The zero-order valence-corrected chi connectivity index (χ0v) is 10.9. The van der Waals surface area contributed by atoms with Crippen LogP contribution in [-0.4, -0.2) is 25.2 Å². The van der Waals surface area contributed by atoms with Crippen molar-refractivity contribution in [2.75, 3.05) is 12.8 Å². The third-order valence-electron chi connectivity index (χ3n) is 3.59. The smallest absolute Gasteiger partial charge is 0.251 e. The van der Waals surface area contributed by atoms with Crippen molar-refractivity contribution in [1.29, 1.82) is 0 Å². The molecule has 0 saturated heterocycles. The molecule has 2 atom stereocenters. The van der Waals surface area contributed by atoms with Crippen molar-refractivity contribution in [3.8, 4) is 0 Å². The van der Waals surface area contributed by atoms with Gasteiger partial charge in [-0.05, 0) is 49.9 Å². The van der Waals surface area contributed by atoms with Crippen LogP contribution in [0.3, 0.4) is 0 Å². The van der Waals surface area contributed by atoms with Crippen LogP contribution in [0.1, 0.15) is 35.2 Å². The molecular formula is C14H20N2O2. The highest BCUT2D eigenvalue weighted by atomic mass is 16.5. The number of carbonyl (C=O) groups is 1. The number of rotatable bonds is 3. The Bertz CT molecular complexity index is 445. The lowest BCUT2D eigenvalue weighted by Gasteiger charge is -2.13. The van der Waals surface area contributed by atoms with E-state index < -0.39 is 0 Å². The van der Waals surface area contributed by atoms with E-state index in [-0.39, 0.29) is 18.1 Å². The van der Waals surface area contributed by atoms with Crippen molar-refractivity contribution < 1.29 is 9.53 Å². The third kappa shape index (κ3) is 2.82. The first-order valence-electron chi connectivity index (χ1n) is 6.30. The summed E-state index contributed by atoms with van der Waals surface area (Å²) in [6.45, 7) is 1.91. The summed E-state index contributed by atoms with van der Waals surface area (Å²) < 4.78 is 5.30. The molecule has 1 amide bonds. The lowest BCUT2D eigenvalue weighted by molar-refractivity contribution is 0.0915. The summed E-state index contributed by atoms with van der Waals surface area (Å²) in [6, 6.07) is 5.59. The van der Waals surface area contributed by atoms with Gasteiger partial charge in [0.05, 0.1) is 6.10 Å². The van der Waals surface area contributed by atoms with Gasteiger partial charge < -0.3 is 15.8 Å². The normalized spacial score (nSPS) is 23.0. The molecule has 2 unspecified atom stereocenters. The number of hydrogen-bond acceptors (Lipinski definition) is 3. The molecule has 0 heterocycles. The molecule has 1 saturated carbocycles. The van der Waals surface area contributed by atoms with Gasteiger partial charge in [-0.3, -0.25) is 4.79 Å². The summed E-state index contributed by atoms with van der Waals surface area (Å²) in [7, 11) is 1.72. The minimum Gasteiger partial charge on any atom is -0.399 e. The molecule has 2 rings (SSSR count). The van der Waals surface area contributed by atoms with Crippen LogP contribution in [0.4, 0.5) is 5.69 Å². The molecule has 1 aliphatic rings. The first-order chi connectivity index (χ1) is 8.60. The molecule has 4 heteroatoms. The van der Waals surface area contributed by atoms with E-state index in [1.807, 2.05) is 13.0 Å². The predicted molar refractivity (Wildman–Crippen MR) is 71.5 cm³/mol. The summed E-state index contributed by atoms with van der Waals surface area (Å²) in [5, 5.41) is 3.05. The van der Waals surface area contributed by atoms with Crippen molar-refractivity contribution in [3.05, 3.63) is 29.3 Å². The molecule has 0 radical (unpaired) electrons. The summed E-state index contributed by atoms with van der Waals surface area (Å²) in [5.74, 6) is -0.0279. The third-order valence-corrected chi connectivity index (χ3v) is 3.59. The molecule has 18 heavy (non-hydrogen) atoms. The van der Waals surface area contributed by atoms with Gasteiger partial charge in [-0.25, -0.2) is 0 Å². The fourth-order valence-corrected chi connectivity index (χ4v) is 2.37. The Hall–Kier alpha value is -1.55. The largest absolute Gasteiger partial charge is 0.399 e.